The zero-order chi connectivity index (χ0) is 11.5. The van der Waals surface area contributed by atoms with Gasteiger partial charge in [-0.05, 0) is 60.6 Å². The SMILES string of the molecule is CC(NC1CC1)C(=O)Nc1cccc(I)c1. The van der Waals surface area contributed by atoms with Crippen molar-refractivity contribution in [2.75, 3.05) is 5.32 Å². The molecule has 1 fully saturated rings. The second-order valence-corrected chi connectivity index (χ2v) is 5.41. The molecule has 86 valence electrons. The lowest BCUT2D eigenvalue weighted by atomic mass is 10.2. The van der Waals surface area contributed by atoms with Crippen LogP contribution >= 0.6 is 22.6 Å². The van der Waals surface area contributed by atoms with Crippen LogP contribution < -0.4 is 10.6 Å². The monoisotopic (exact) mass is 330 g/mol. The van der Waals surface area contributed by atoms with E-state index in [1.807, 2.05) is 31.2 Å². The maximum absolute atomic E-state index is 11.8. The normalized spacial score (nSPS) is 16.9. The smallest absolute Gasteiger partial charge is 0.241 e. The Labute approximate surface area is 109 Å². The van der Waals surface area contributed by atoms with Crippen molar-refractivity contribution in [1.82, 2.24) is 5.32 Å². The predicted octanol–water partition coefficient (Wildman–Crippen LogP) is 2.37. The molecule has 0 saturated heterocycles. The first-order chi connectivity index (χ1) is 7.65. The average Bonchev–Trinajstić information content (AvgIpc) is 3.01. The van der Waals surface area contributed by atoms with E-state index < -0.39 is 0 Å². The molecule has 1 unspecified atom stereocenters. The standard InChI is InChI=1S/C12H15IN2O/c1-8(14-10-5-6-10)12(16)15-11-4-2-3-9(13)7-11/h2-4,7-8,10,14H,5-6H2,1H3,(H,15,16). The fourth-order valence-electron chi connectivity index (χ4n) is 1.50. The Kier molecular flexibility index (Phi) is 3.81. The number of hydrogen-bond donors (Lipinski definition) is 2. The molecule has 0 aromatic heterocycles. The van der Waals surface area contributed by atoms with Crippen LogP contribution in [0.1, 0.15) is 19.8 Å². The summed E-state index contributed by atoms with van der Waals surface area (Å²) in [5.74, 6) is 0.0360. The van der Waals surface area contributed by atoms with Gasteiger partial charge in [-0.25, -0.2) is 0 Å². The van der Waals surface area contributed by atoms with Gasteiger partial charge < -0.3 is 10.6 Å². The maximum atomic E-state index is 11.8. The Morgan fingerprint density at radius 3 is 2.88 bits per heavy atom. The van der Waals surface area contributed by atoms with Gasteiger partial charge in [0.2, 0.25) is 5.91 Å². The van der Waals surface area contributed by atoms with E-state index in [0.717, 1.165) is 9.26 Å². The molecule has 1 atom stereocenters. The van der Waals surface area contributed by atoms with E-state index in [4.69, 9.17) is 0 Å². The molecule has 1 aromatic carbocycles. The van der Waals surface area contributed by atoms with Crippen LogP contribution in [0.15, 0.2) is 24.3 Å². The van der Waals surface area contributed by atoms with Gasteiger partial charge in [-0.2, -0.15) is 0 Å². The highest BCUT2D eigenvalue weighted by Crippen LogP contribution is 2.19. The number of benzene rings is 1. The third-order valence-corrected chi connectivity index (χ3v) is 3.22. The molecule has 1 aliphatic rings. The first-order valence-electron chi connectivity index (χ1n) is 5.47. The molecule has 0 heterocycles. The molecule has 1 aliphatic carbocycles. The minimum Gasteiger partial charge on any atom is -0.325 e. The Balaban J connectivity index is 1.90. The largest absolute Gasteiger partial charge is 0.325 e. The summed E-state index contributed by atoms with van der Waals surface area (Å²) in [6.45, 7) is 1.90. The summed E-state index contributed by atoms with van der Waals surface area (Å²) in [5.41, 5.74) is 0.862. The summed E-state index contributed by atoms with van der Waals surface area (Å²) in [7, 11) is 0. The highest BCUT2D eigenvalue weighted by atomic mass is 127. The summed E-state index contributed by atoms with van der Waals surface area (Å²) in [4.78, 5) is 11.8. The molecule has 0 bridgehead atoms. The molecule has 0 spiro atoms. The van der Waals surface area contributed by atoms with Gasteiger partial charge in [0, 0.05) is 15.3 Å². The zero-order valence-corrected chi connectivity index (χ0v) is 11.3. The number of carbonyl (C=O) groups excluding carboxylic acids is 1. The molecule has 3 nitrogen and oxygen atoms in total. The molecular weight excluding hydrogens is 315 g/mol. The molecule has 2 rings (SSSR count). The van der Waals surface area contributed by atoms with Crippen LogP contribution in [0.2, 0.25) is 0 Å². The second-order valence-electron chi connectivity index (χ2n) is 4.16. The first-order valence-corrected chi connectivity index (χ1v) is 6.55. The molecule has 0 aliphatic heterocycles. The van der Waals surface area contributed by atoms with Crippen molar-refractivity contribution in [2.24, 2.45) is 0 Å². The molecule has 1 saturated carbocycles. The summed E-state index contributed by atoms with van der Waals surface area (Å²) in [6.07, 6.45) is 2.39. The number of hydrogen-bond acceptors (Lipinski definition) is 2. The van der Waals surface area contributed by atoms with Crippen molar-refractivity contribution in [2.45, 2.75) is 31.8 Å². The number of rotatable bonds is 4. The molecule has 0 radical (unpaired) electrons. The van der Waals surface area contributed by atoms with Gasteiger partial charge in [-0.15, -0.1) is 0 Å². The van der Waals surface area contributed by atoms with Crippen LogP contribution in [-0.2, 0) is 4.79 Å². The van der Waals surface area contributed by atoms with Gasteiger partial charge in [-0.1, -0.05) is 6.07 Å². The number of anilines is 1. The highest BCUT2D eigenvalue weighted by molar-refractivity contribution is 14.1. The molecule has 4 heteroatoms. The van der Waals surface area contributed by atoms with Crippen molar-refractivity contribution in [3.8, 4) is 0 Å². The van der Waals surface area contributed by atoms with Crippen LogP contribution in [0.5, 0.6) is 0 Å². The molecule has 16 heavy (non-hydrogen) atoms. The van der Waals surface area contributed by atoms with Crippen LogP contribution in [0, 0.1) is 3.57 Å². The highest BCUT2D eigenvalue weighted by Gasteiger charge is 2.25. The topological polar surface area (TPSA) is 41.1 Å². The number of carbonyl (C=O) groups is 1. The van der Waals surface area contributed by atoms with Crippen molar-refractivity contribution in [3.05, 3.63) is 27.8 Å². The van der Waals surface area contributed by atoms with Crippen molar-refractivity contribution in [1.29, 1.82) is 0 Å². The minimum atomic E-state index is -0.120. The van der Waals surface area contributed by atoms with E-state index in [2.05, 4.69) is 33.2 Å². The van der Waals surface area contributed by atoms with Crippen molar-refractivity contribution >= 4 is 34.2 Å². The van der Waals surface area contributed by atoms with Gasteiger partial charge in [0.25, 0.3) is 0 Å². The van der Waals surface area contributed by atoms with E-state index in [-0.39, 0.29) is 11.9 Å². The van der Waals surface area contributed by atoms with Crippen LogP contribution in [0.4, 0.5) is 5.69 Å². The Morgan fingerprint density at radius 2 is 2.25 bits per heavy atom. The Hall–Kier alpha value is -0.620. The predicted molar refractivity (Wildman–Crippen MR) is 73.4 cm³/mol. The van der Waals surface area contributed by atoms with Crippen LogP contribution in [0.25, 0.3) is 0 Å². The van der Waals surface area contributed by atoms with E-state index in [1.165, 1.54) is 12.8 Å². The fraction of sp³-hybridized carbons (Fsp3) is 0.417. The summed E-state index contributed by atoms with van der Waals surface area (Å²) in [5, 5.41) is 6.18. The van der Waals surface area contributed by atoms with Gasteiger partial charge in [0.1, 0.15) is 0 Å². The quantitative estimate of drug-likeness (QED) is 0.833. The van der Waals surface area contributed by atoms with Gasteiger partial charge in [0.05, 0.1) is 6.04 Å². The lowest BCUT2D eigenvalue weighted by Crippen LogP contribution is -2.39. The van der Waals surface area contributed by atoms with Crippen LogP contribution in [0.3, 0.4) is 0 Å². The molecule has 1 aromatic rings. The Morgan fingerprint density at radius 1 is 1.50 bits per heavy atom. The molecular formula is C12H15IN2O. The van der Waals surface area contributed by atoms with E-state index in [9.17, 15) is 4.79 Å². The second kappa shape index (κ2) is 5.14. The third kappa shape index (κ3) is 3.45. The lowest BCUT2D eigenvalue weighted by molar-refractivity contribution is -0.117. The van der Waals surface area contributed by atoms with Gasteiger partial charge in [0.15, 0.2) is 0 Å². The van der Waals surface area contributed by atoms with Gasteiger partial charge >= 0.3 is 0 Å². The summed E-state index contributed by atoms with van der Waals surface area (Å²) < 4.78 is 1.12. The number of amides is 1. The van der Waals surface area contributed by atoms with E-state index in [1.54, 1.807) is 0 Å². The minimum absolute atomic E-state index is 0.0360. The fourth-order valence-corrected chi connectivity index (χ4v) is 2.04. The summed E-state index contributed by atoms with van der Waals surface area (Å²) >= 11 is 2.23. The van der Waals surface area contributed by atoms with E-state index in [0.29, 0.717) is 6.04 Å². The zero-order valence-electron chi connectivity index (χ0n) is 9.16. The molecule has 1 amide bonds. The maximum Gasteiger partial charge on any atom is 0.241 e. The van der Waals surface area contributed by atoms with Crippen molar-refractivity contribution < 1.29 is 4.79 Å². The Bertz CT molecular complexity index is 390. The molecule has 2 N–H and O–H groups in total. The summed E-state index contributed by atoms with van der Waals surface area (Å²) in [6, 6.07) is 8.24. The van der Waals surface area contributed by atoms with Gasteiger partial charge in [-0.3, -0.25) is 4.79 Å². The lowest BCUT2D eigenvalue weighted by Gasteiger charge is -2.13. The number of nitrogens with one attached hydrogen (secondary N) is 2. The first kappa shape index (κ1) is 11.9. The number of halogens is 1. The van der Waals surface area contributed by atoms with Crippen LogP contribution in [-0.4, -0.2) is 18.0 Å². The van der Waals surface area contributed by atoms with Crippen molar-refractivity contribution in [3.63, 3.8) is 0 Å². The van der Waals surface area contributed by atoms with E-state index >= 15 is 0 Å². The third-order valence-electron chi connectivity index (χ3n) is 2.55. The average molecular weight is 330 g/mol.